The molecule has 326 valence electrons. The number of rotatable bonds is 11. The summed E-state index contributed by atoms with van der Waals surface area (Å²) in [5.74, 6) is -8.74. The van der Waals surface area contributed by atoms with Crippen molar-refractivity contribution in [1.29, 1.82) is 5.26 Å². The van der Waals surface area contributed by atoms with Gasteiger partial charge >= 0.3 is 5.92 Å². The van der Waals surface area contributed by atoms with Crippen molar-refractivity contribution < 1.29 is 44.3 Å². The Morgan fingerprint density at radius 2 is 1.86 bits per heavy atom. The van der Waals surface area contributed by atoms with Crippen LogP contribution < -0.4 is 15.6 Å². The van der Waals surface area contributed by atoms with Gasteiger partial charge in [-0.2, -0.15) is 24.2 Å². The summed E-state index contributed by atoms with van der Waals surface area (Å²) in [4.78, 5) is 34.1. The minimum atomic E-state index is -3.95. The molecule has 4 heterocycles. The molecule has 22 heteroatoms. The second kappa shape index (κ2) is 14.9. The Labute approximate surface area is 357 Å². The summed E-state index contributed by atoms with van der Waals surface area (Å²) in [5, 5.41) is 20.5. The molecule has 0 radical (unpaired) electrons. The van der Waals surface area contributed by atoms with E-state index in [1.165, 1.54) is 29.9 Å². The predicted octanol–water partition coefficient (Wildman–Crippen LogP) is 6.72. The highest BCUT2D eigenvalue weighted by atomic mass is 35.5. The van der Waals surface area contributed by atoms with E-state index in [-0.39, 0.29) is 56.1 Å². The average Bonchev–Trinajstić information content (AvgIpc) is 3.64. The molecule has 3 atom stereocenters. The van der Waals surface area contributed by atoms with Crippen LogP contribution in [0.3, 0.4) is 0 Å². The summed E-state index contributed by atoms with van der Waals surface area (Å²) in [6.07, 6.45) is -0.887. The zero-order valence-electron chi connectivity index (χ0n) is 32.9. The van der Waals surface area contributed by atoms with Gasteiger partial charge in [0, 0.05) is 31.0 Å². The molecular weight excluding hydrogens is 880 g/mol. The Bertz CT molecular complexity index is 3180. The molecule has 6 aromatic rings. The van der Waals surface area contributed by atoms with Crippen LogP contribution in [0.25, 0.3) is 33.1 Å². The van der Waals surface area contributed by atoms with E-state index in [1.54, 1.807) is 18.2 Å². The summed E-state index contributed by atoms with van der Waals surface area (Å²) in [6, 6.07) is 10.2. The molecule has 14 nitrogen and oxygen atoms in total. The summed E-state index contributed by atoms with van der Waals surface area (Å²) < 4.78 is 125. The molecule has 2 N–H and O–H groups in total. The Morgan fingerprint density at radius 3 is 2.52 bits per heavy atom. The molecule has 3 aliphatic rings. The van der Waals surface area contributed by atoms with Crippen molar-refractivity contribution in [2.75, 3.05) is 24.2 Å². The summed E-state index contributed by atoms with van der Waals surface area (Å²) in [7, 11) is -2.47. The number of sulfonamides is 1. The quantitative estimate of drug-likeness (QED) is 0.134. The van der Waals surface area contributed by atoms with Crippen LogP contribution in [0, 0.1) is 28.4 Å². The van der Waals surface area contributed by atoms with Gasteiger partial charge in [-0.25, -0.2) is 31.0 Å². The van der Waals surface area contributed by atoms with E-state index in [0.717, 1.165) is 28.5 Å². The van der Waals surface area contributed by atoms with Crippen LogP contribution in [0.4, 0.5) is 32.2 Å². The monoisotopic (exact) mass is 911 g/mol. The molecule has 1 aliphatic heterocycles. The highest BCUT2D eigenvalue weighted by Crippen LogP contribution is 2.76. The lowest BCUT2D eigenvalue weighted by Crippen LogP contribution is -2.38. The summed E-state index contributed by atoms with van der Waals surface area (Å²) in [6.45, 7) is -0.321. The van der Waals surface area contributed by atoms with Crippen molar-refractivity contribution >= 4 is 60.7 Å². The van der Waals surface area contributed by atoms with E-state index in [2.05, 4.69) is 20.2 Å². The third-order valence-electron chi connectivity index (χ3n) is 11.6. The molecule has 3 aromatic heterocycles. The van der Waals surface area contributed by atoms with E-state index >= 15 is 13.6 Å². The average molecular weight is 912 g/mol. The number of ether oxygens (including phenoxy) is 1. The van der Waals surface area contributed by atoms with Gasteiger partial charge in [0.15, 0.2) is 5.82 Å². The maximum absolute atomic E-state index is 15.9. The number of anilines is 1. The largest absolute Gasteiger partial charge is 0.377 e. The summed E-state index contributed by atoms with van der Waals surface area (Å²) in [5.41, 5.74) is -3.75. The van der Waals surface area contributed by atoms with Crippen LogP contribution in [-0.4, -0.2) is 62.9 Å². The molecule has 9 rings (SSSR count). The smallest absolute Gasteiger partial charge is 0.308 e. The first-order valence-electron chi connectivity index (χ1n) is 19.2. The third kappa shape index (κ3) is 7.00. The van der Waals surface area contributed by atoms with Gasteiger partial charge in [0.2, 0.25) is 15.9 Å². The third-order valence-corrected chi connectivity index (χ3v) is 12.4. The molecule has 0 saturated heterocycles. The van der Waals surface area contributed by atoms with Crippen LogP contribution in [0.5, 0.6) is 0 Å². The molecule has 0 bridgehead atoms. The normalized spacial score (nSPS) is 19.4. The van der Waals surface area contributed by atoms with E-state index in [4.69, 9.17) is 21.3 Å². The Balaban J connectivity index is 1.25. The number of carbonyl (C=O) groups is 1. The Morgan fingerprint density at radius 1 is 1.11 bits per heavy atom. The number of nitrogens with one attached hydrogen (secondary N) is 2. The molecule has 63 heavy (non-hydrogen) atoms. The van der Waals surface area contributed by atoms with Gasteiger partial charge in [0.1, 0.15) is 40.8 Å². The molecular formula is C41H32ClF6N9O5S. The first-order chi connectivity index (χ1) is 29.8. The number of hydrogen-bond acceptors (Lipinski definition) is 9. The molecule has 2 unspecified atom stereocenters. The number of benzene rings is 3. The van der Waals surface area contributed by atoms with Gasteiger partial charge in [-0.05, 0) is 65.9 Å². The SMILES string of the molecule is Cn1nc(NS(C)(=O)=O)c2c(Cl)ccc(-n3c([C@H](Cc4cc(F)cc(F)c4)NC(=O)Cn4nc(C(F)F)c5c4C(F)(F)C4(C#N)CC54)nc4cc(C5=CCOCC5)ccc4c3=O)c21. The minimum absolute atomic E-state index is 0.00776. The number of aryl methyl sites for hydroxylation is 1. The molecule has 1 saturated carbocycles. The van der Waals surface area contributed by atoms with E-state index < -0.39 is 92.8 Å². The standard InChI is InChI=1S/C41H32ClF6N9O5S/c1-55-34-29(6-5-26(42)32(34)37(53-55)54-63(2,60)61)57-38(51-27-14-21(3-4-24(27)39(57)59)20-7-9-62-10-8-20)28(13-19-11-22(43)15-23(44)12-19)50-30(58)17-56-35-31(33(52-56)36(45)46)25-16-40(25,18-49)41(35,47)48/h3-7,11-12,14-15,25,28,36H,8-10,13,16-17H2,1-2H3,(H,50,58)(H,53,54)/t25?,28-,40?/m0/s1. The number of fused-ring (bicyclic) bond motifs is 5. The predicted molar refractivity (Wildman–Crippen MR) is 216 cm³/mol. The fourth-order valence-electron chi connectivity index (χ4n) is 8.80. The van der Waals surface area contributed by atoms with Crippen LogP contribution in [-0.2, 0) is 45.5 Å². The van der Waals surface area contributed by atoms with Gasteiger partial charge in [-0.15, -0.1) is 0 Å². The van der Waals surface area contributed by atoms with Gasteiger partial charge in [-0.3, -0.25) is 28.2 Å². The van der Waals surface area contributed by atoms with Crippen LogP contribution >= 0.6 is 11.6 Å². The first-order valence-corrected chi connectivity index (χ1v) is 21.5. The van der Waals surface area contributed by atoms with E-state index in [1.807, 2.05) is 6.08 Å². The topological polar surface area (TPSA) is 179 Å². The number of amides is 1. The number of nitriles is 1. The van der Waals surface area contributed by atoms with Crippen molar-refractivity contribution in [1.82, 2.24) is 34.4 Å². The maximum Gasteiger partial charge on any atom is 0.308 e. The van der Waals surface area contributed by atoms with Crippen molar-refractivity contribution in [2.24, 2.45) is 12.5 Å². The van der Waals surface area contributed by atoms with Crippen molar-refractivity contribution in [2.45, 2.75) is 50.1 Å². The number of aromatic nitrogens is 6. The van der Waals surface area contributed by atoms with Gasteiger partial charge in [0.25, 0.3) is 12.0 Å². The fraction of sp³-hybridized carbons (Fsp3) is 0.317. The zero-order valence-corrected chi connectivity index (χ0v) is 34.5. The van der Waals surface area contributed by atoms with Gasteiger partial charge in [0.05, 0.1) is 64.1 Å². The summed E-state index contributed by atoms with van der Waals surface area (Å²) >= 11 is 6.63. The van der Waals surface area contributed by atoms with Gasteiger partial charge in [-0.1, -0.05) is 23.7 Å². The number of alkyl halides is 4. The highest BCUT2D eigenvalue weighted by molar-refractivity contribution is 7.92. The second-order valence-electron chi connectivity index (χ2n) is 15.7. The van der Waals surface area contributed by atoms with Crippen LogP contribution in [0.15, 0.2) is 59.4 Å². The second-order valence-corrected chi connectivity index (χ2v) is 17.8. The van der Waals surface area contributed by atoms with E-state index in [9.17, 15) is 36.0 Å². The number of nitrogens with zero attached hydrogens (tertiary/aromatic N) is 7. The van der Waals surface area contributed by atoms with Crippen LogP contribution in [0.2, 0.25) is 5.02 Å². The van der Waals surface area contributed by atoms with E-state index in [0.29, 0.717) is 35.9 Å². The Kier molecular flexibility index (Phi) is 9.98. The lowest BCUT2D eigenvalue weighted by molar-refractivity contribution is -0.123. The molecule has 2 aliphatic carbocycles. The minimum Gasteiger partial charge on any atom is -0.377 e. The van der Waals surface area contributed by atoms with Crippen molar-refractivity contribution in [3.8, 4) is 11.8 Å². The van der Waals surface area contributed by atoms with Crippen molar-refractivity contribution in [3.05, 3.63) is 116 Å². The molecule has 3 aromatic carbocycles. The number of carbonyl (C=O) groups excluding carboxylic acids is 1. The lowest BCUT2D eigenvalue weighted by Gasteiger charge is -2.24. The zero-order chi connectivity index (χ0) is 44.9. The molecule has 0 spiro atoms. The number of halogens is 7. The van der Waals surface area contributed by atoms with Gasteiger partial charge < -0.3 is 10.1 Å². The molecule has 1 fully saturated rings. The number of hydrogen-bond donors (Lipinski definition) is 2. The fourth-order valence-corrected chi connectivity index (χ4v) is 9.54. The first kappa shape index (κ1) is 42.1. The molecule has 1 amide bonds. The van der Waals surface area contributed by atoms with Crippen molar-refractivity contribution in [3.63, 3.8) is 0 Å². The van der Waals surface area contributed by atoms with Crippen LogP contribution in [0.1, 0.15) is 65.1 Å². The lowest BCUT2D eigenvalue weighted by atomic mass is 9.99. The highest BCUT2D eigenvalue weighted by Gasteiger charge is 2.79. The maximum atomic E-state index is 15.9. The Hall–Kier alpha value is -6.24.